The van der Waals surface area contributed by atoms with Crippen molar-refractivity contribution in [3.63, 3.8) is 0 Å². The molecule has 0 atom stereocenters. The van der Waals surface area contributed by atoms with Crippen LogP contribution in [-0.2, 0) is 4.79 Å². The Labute approximate surface area is 100 Å². The molecule has 4 nitrogen and oxygen atoms in total. The molecule has 0 aromatic heterocycles. The first kappa shape index (κ1) is 11.5. The summed E-state index contributed by atoms with van der Waals surface area (Å²) < 4.78 is 0. The van der Waals surface area contributed by atoms with E-state index >= 15 is 0 Å². The highest BCUT2D eigenvalue weighted by atomic mass is 16.3. The van der Waals surface area contributed by atoms with Crippen molar-refractivity contribution in [2.45, 2.75) is 19.3 Å². The molecule has 1 saturated carbocycles. The molecule has 4 heteroatoms. The van der Waals surface area contributed by atoms with Crippen molar-refractivity contribution in [2.24, 2.45) is 5.41 Å². The van der Waals surface area contributed by atoms with Gasteiger partial charge < -0.3 is 10.0 Å². The number of carbonyl (C=O) groups excluding carboxylic acids is 1. The van der Waals surface area contributed by atoms with E-state index in [1.165, 1.54) is 11.0 Å². The summed E-state index contributed by atoms with van der Waals surface area (Å²) in [5.74, 6) is -0.0707. The largest absolute Gasteiger partial charge is 0.508 e. The zero-order chi connectivity index (χ0) is 12.5. The topological polar surface area (TPSA) is 64.3 Å². The molecule has 2 rings (SSSR count). The molecule has 1 fully saturated rings. The van der Waals surface area contributed by atoms with Gasteiger partial charge in [0.2, 0.25) is 5.91 Å². The maximum atomic E-state index is 12.2. The van der Waals surface area contributed by atoms with Crippen molar-refractivity contribution in [1.29, 1.82) is 5.26 Å². The smallest absolute Gasteiger partial charge is 0.247 e. The Hall–Kier alpha value is -2.02. The van der Waals surface area contributed by atoms with Gasteiger partial charge in [0.05, 0.1) is 6.07 Å². The maximum absolute atomic E-state index is 12.2. The second-order valence-electron chi connectivity index (χ2n) is 4.43. The SMILES string of the molecule is CN(C(=O)C1(C#N)CCC1)c1cccc(O)c1. The Morgan fingerprint density at radius 2 is 2.24 bits per heavy atom. The number of hydrogen-bond acceptors (Lipinski definition) is 3. The number of anilines is 1. The average Bonchev–Trinajstić information content (AvgIpc) is 2.27. The summed E-state index contributed by atoms with van der Waals surface area (Å²) in [5.41, 5.74) is -0.239. The van der Waals surface area contributed by atoms with Crippen molar-refractivity contribution in [2.75, 3.05) is 11.9 Å². The molecule has 0 saturated heterocycles. The van der Waals surface area contributed by atoms with Gasteiger partial charge in [-0.3, -0.25) is 4.79 Å². The van der Waals surface area contributed by atoms with Crippen LogP contribution in [0.5, 0.6) is 5.75 Å². The first-order valence-corrected chi connectivity index (χ1v) is 5.57. The lowest BCUT2D eigenvalue weighted by molar-refractivity contribution is -0.128. The fraction of sp³-hybridized carbons (Fsp3) is 0.385. The Balaban J connectivity index is 2.24. The van der Waals surface area contributed by atoms with Crippen molar-refractivity contribution >= 4 is 11.6 Å². The summed E-state index contributed by atoms with van der Waals surface area (Å²) in [7, 11) is 1.63. The van der Waals surface area contributed by atoms with Gasteiger partial charge in [-0.2, -0.15) is 5.26 Å². The van der Waals surface area contributed by atoms with Crippen molar-refractivity contribution in [3.8, 4) is 11.8 Å². The van der Waals surface area contributed by atoms with Crippen LogP contribution in [0.4, 0.5) is 5.69 Å². The van der Waals surface area contributed by atoms with E-state index in [0.29, 0.717) is 18.5 Å². The molecule has 0 heterocycles. The van der Waals surface area contributed by atoms with E-state index in [9.17, 15) is 9.90 Å². The van der Waals surface area contributed by atoms with E-state index in [1.54, 1.807) is 25.2 Å². The third-order valence-electron chi connectivity index (χ3n) is 3.35. The normalized spacial score (nSPS) is 16.7. The van der Waals surface area contributed by atoms with Gasteiger partial charge in [0.25, 0.3) is 0 Å². The summed E-state index contributed by atoms with van der Waals surface area (Å²) in [6, 6.07) is 8.60. The minimum absolute atomic E-state index is 0.113. The zero-order valence-corrected chi connectivity index (χ0v) is 9.68. The first-order valence-electron chi connectivity index (χ1n) is 5.57. The van der Waals surface area contributed by atoms with E-state index in [-0.39, 0.29) is 11.7 Å². The molecule has 17 heavy (non-hydrogen) atoms. The highest BCUT2D eigenvalue weighted by Gasteiger charge is 2.46. The van der Waals surface area contributed by atoms with E-state index < -0.39 is 5.41 Å². The molecule has 1 aromatic carbocycles. The van der Waals surface area contributed by atoms with Gasteiger partial charge in [0.1, 0.15) is 11.2 Å². The van der Waals surface area contributed by atoms with Crippen LogP contribution in [0.2, 0.25) is 0 Å². The summed E-state index contributed by atoms with van der Waals surface area (Å²) in [6.45, 7) is 0. The fourth-order valence-corrected chi connectivity index (χ4v) is 2.04. The van der Waals surface area contributed by atoms with Gasteiger partial charge in [-0.15, -0.1) is 0 Å². The Bertz CT molecular complexity index is 486. The third-order valence-corrected chi connectivity index (χ3v) is 3.35. The van der Waals surface area contributed by atoms with Crippen molar-refractivity contribution < 1.29 is 9.90 Å². The number of amides is 1. The molecule has 0 aliphatic heterocycles. The number of hydrogen-bond donors (Lipinski definition) is 1. The summed E-state index contributed by atoms with van der Waals surface area (Å²) in [6.07, 6.45) is 2.18. The van der Waals surface area contributed by atoms with Crippen LogP contribution in [-0.4, -0.2) is 18.1 Å². The van der Waals surface area contributed by atoms with Crippen LogP contribution in [0, 0.1) is 16.7 Å². The van der Waals surface area contributed by atoms with Crippen molar-refractivity contribution in [1.82, 2.24) is 0 Å². The number of benzene rings is 1. The number of phenols is 1. The average molecular weight is 230 g/mol. The standard InChI is InChI=1S/C13H14N2O2/c1-15(10-4-2-5-11(16)8-10)12(17)13(9-14)6-3-7-13/h2,4-5,8,16H,3,6-7H2,1H3. The second-order valence-corrected chi connectivity index (χ2v) is 4.43. The highest BCUT2D eigenvalue weighted by Crippen LogP contribution is 2.42. The van der Waals surface area contributed by atoms with Gasteiger partial charge in [-0.25, -0.2) is 0 Å². The number of rotatable bonds is 2. The Morgan fingerprint density at radius 1 is 1.53 bits per heavy atom. The molecule has 0 spiro atoms. The molecular weight excluding hydrogens is 216 g/mol. The van der Waals surface area contributed by atoms with Crippen LogP contribution in [0.15, 0.2) is 24.3 Å². The molecule has 1 N–H and O–H groups in total. The van der Waals surface area contributed by atoms with Gasteiger partial charge in [-0.05, 0) is 31.4 Å². The maximum Gasteiger partial charge on any atom is 0.247 e. The Morgan fingerprint density at radius 3 is 2.71 bits per heavy atom. The summed E-state index contributed by atoms with van der Waals surface area (Å²) in [5, 5.41) is 18.5. The molecule has 1 aliphatic rings. The predicted molar refractivity (Wildman–Crippen MR) is 63.4 cm³/mol. The number of phenolic OH excluding ortho intramolecular Hbond substituents is 1. The lowest BCUT2D eigenvalue weighted by atomic mass is 9.69. The van der Waals surface area contributed by atoms with Crippen LogP contribution >= 0.6 is 0 Å². The van der Waals surface area contributed by atoms with E-state index in [4.69, 9.17) is 5.26 Å². The number of aromatic hydroxyl groups is 1. The number of nitriles is 1. The molecule has 1 aromatic rings. The van der Waals surface area contributed by atoms with Gasteiger partial charge in [0.15, 0.2) is 0 Å². The zero-order valence-electron chi connectivity index (χ0n) is 9.68. The van der Waals surface area contributed by atoms with Gasteiger partial charge in [-0.1, -0.05) is 6.07 Å². The van der Waals surface area contributed by atoms with E-state index in [0.717, 1.165) is 6.42 Å². The van der Waals surface area contributed by atoms with Crippen molar-refractivity contribution in [3.05, 3.63) is 24.3 Å². The Kier molecular flexibility index (Phi) is 2.76. The van der Waals surface area contributed by atoms with Crippen LogP contribution in [0.3, 0.4) is 0 Å². The lowest BCUT2D eigenvalue weighted by Gasteiger charge is -2.36. The molecule has 1 amide bonds. The van der Waals surface area contributed by atoms with Crippen LogP contribution in [0.25, 0.3) is 0 Å². The van der Waals surface area contributed by atoms with Gasteiger partial charge in [0, 0.05) is 18.8 Å². The molecule has 0 bridgehead atoms. The highest BCUT2D eigenvalue weighted by molar-refractivity contribution is 5.99. The monoisotopic (exact) mass is 230 g/mol. The lowest BCUT2D eigenvalue weighted by Crippen LogP contribution is -2.45. The summed E-state index contributed by atoms with van der Waals surface area (Å²) >= 11 is 0. The van der Waals surface area contributed by atoms with E-state index in [2.05, 4.69) is 6.07 Å². The molecule has 0 radical (unpaired) electrons. The fourth-order valence-electron chi connectivity index (χ4n) is 2.04. The van der Waals surface area contributed by atoms with Crippen LogP contribution < -0.4 is 4.90 Å². The third kappa shape index (κ3) is 1.84. The molecule has 0 unspecified atom stereocenters. The quantitative estimate of drug-likeness (QED) is 0.845. The molecular formula is C13H14N2O2. The molecule has 1 aliphatic carbocycles. The number of carbonyl (C=O) groups is 1. The second kappa shape index (κ2) is 4.10. The van der Waals surface area contributed by atoms with Gasteiger partial charge >= 0.3 is 0 Å². The minimum atomic E-state index is -0.847. The first-order chi connectivity index (χ1) is 8.09. The summed E-state index contributed by atoms with van der Waals surface area (Å²) in [4.78, 5) is 13.7. The van der Waals surface area contributed by atoms with Crippen LogP contribution in [0.1, 0.15) is 19.3 Å². The molecule has 88 valence electrons. The predicted octanol–water partition coefficient (Wildman–Crippen LogP) is 2.05. The minimum Gasteiger partial charge on any atom is -0.508 e. The van der Waals surface area contributed by atoms with E-state index in [1.807, 2.05) is 0 Å². The number of nitrogens with zero attached hydrogens (tertiary/aromatic N) is 2.